The molecule has 2 rings (SSSR count). The third-order valence-corrected chi connectivity index (χ3v) is 2.39. The van der Waals surface area contributed by atoms with Crippen molar-refractivity contribution < 1.29 is 0 Å². The standard InChI is InChI=1S/C13H10N4/c14-7-6-12-10-17(9-8-15)16-13(12)11-4-2-1-3-5-11/h1-5,10H,6,9H2. The van der Waals surface area contributed by atoms with E-state index < -0.39 is 0 Å². The SMILES string of the molecule is N#CCc1cn(CC#N)nc1-c1ccccc1. The highest BCUT2D eigenvalue weighted by Crippen LogP contribution is 2.21. The summed E-state index contributed by atoms with van der Waals surface area (Å²) >= 11 is 0. The van der Waals surface area contributed by atoms with Gasteiger partial charge in [0.2, 0.25) is 0 Å². The van der Waals surface area contributed by atoms with Gasteiger partial charge < -0.3 is 0 Å². The lowest BCUT2D eigenvalue weighted by atomic mass is 10.1. The maximum atomic E-state index is 8.78. The van der Waals surface area contributed by atoms with Crippen molar-refractivity contribution in [3.05, 3.63) is 42.1 Å². The van der Waals surface area contributed by atoms with E-state index in [9.17, 15) is 0 Å². The minimum Gasteiger partial charge on any atom is -0.258 e. The van der Waals surface area contributed by atoms with E-state index in [4.69, 9.17) is 10.5 Å². The number of hydrogen-bond donors (Lipinski definition) is 0. The second-order valence-corrected chi connectivity index (χ2v) is 3.56. The van der Waals surface area contributed by atoms with E-state index in [-0.39, 0.29) is 6.54 Å². The van der Waals surface area contributed by atoms with E-state index in [0.717, 1.165) is 16.8 Å². The summed E-state index contributed by atoms with van der Waals surface area (Å²) < 4.78 is 1.56. The molecule has 0 N–H and O–H groups in total. The summed E-state index contributed by atoms with van der Waals surface area (Å²) in [5.41, 5.74) is 2.60. The van der Waals surface area contributed by atoms with Crippen LogP contribution < -0.4 is 0 Å². The lowest BCUT2D eigenvalue weighted by Crippen LogP contribution is -1.95. The van der Waals surface area contributed by atoms with Crippen LogP contribution in [0.25, 0.3) is 11.3 Å². The van der Waals surface area contributed by atoms with Crippen molar-refractivity contribution in [2.75, 3.05) is 0 Å². The van der Waals surface area contributed by atoms with E-state index in [2.05, 4.69) is 11.2 Å². The molecular formula is C13H10N4. The Morgan fingerprint density at radius 2 is 1.88 bits per heavy atom. The molecule has 2 aromatic rings. The van der Waals surface area contributed by atoms with Crippen molar-refractivity contribution in [1.29, 1.82) is 10.5 Å². The van der Waals surface area contributed by atoms with Crippen LogP contribution in [0.2, 0.25) is 0 Å². The summed E-state index contributed by atoms with van der Waals surface area (Å²) in [6.07, 6.45) is 2.06. The summed E-state index contributed by atoms with van der Waals surface area (Å²) in [4.78, 5) is 0. The monoisotopic (exact) mass is 222 g/mol. The first kappa shape index (κ1) is 10.9. The zero-order valence-electron chi connectivity index (χ0n) is 9.17. The molecule has 0 aliphatic carbocycles. The first-order chi connectivity index (χ1) is 8.35. The predicted molar refractivity (Wildman–Crippen MR) is 62.6 cm³/mol. The minimum atomic E-state index is 0.200. The molecule has 17 heavy (non-hydrogen) atoms. The summed E-state index contributed by atoms with van der Waals surface area (Å²) in [5.74, 6) is 0. The molecule has 0 atom stereocenters. The van der Waals surface area contributed by atoms with Crippen molar-refractivity contribution in [1.82, 2.24) is 9.78 Å². The second-order valence-electron chi connectivity index (χ2n) is 3.56. The molecule has 0 spiro atoms. The Labute approximate surface area is 99.3 Å². The highest BCUT2D eigenvalue weighted by atomic mass is 15.3. The summed E-state index contributed by atoms with van der Waals surface area (Å²) in [6.45, 7) is 0.200. The fourth-order valence-electron chi connectivity index (χ4n) is 1.67. The number of nitrogens with zero attached hydrogens (tertiary/aromatic N) is 4. The largest absolute Gasteiger partial charge is 0.258 e. The first-order valence-electron chi connectivity index (χ1n) is 5.21. The van der Waals surface area contributed by atoms with Crippen molar-refractivity contribution in [2.24, 2.45) is 0 Å². The fraction of sp³-hybridized carbons (Fsp3) is 0.154. The molecule has 0 radical (unpaired) electrons. The summed E-state index contributed by atoms with van der Waals surface area (Å²) in [5, 5.41) is 21.8. The highest BCUT2D eigenvalue weighted by Gasteiger charge is 2.10. The van der Waals surface area contributed by atoms with Crippen LogP contribution in [-0.2, 0) is 13.0 Å². The second kappa shape index (κ2) is 4.96. The van der Waals surface area contributed by atoms with Gasteiger partial charge in [0.1, 0.15) is 6.54 Å². The topological polar surface area (TPSA) is 65.4 Å². The highest BCUT2D eigenvalue weighted by molar-refractivity contribution is 5.62. The maximum Gasteiger partial charge on any atom is 0.128 e. The third kappa shape index (κ3) is 2.32. The maximum absolute atomic E-state index is 8.78. The molecule has 0 unspecified atom stereocenters. The predicted octanol–water partition coefficient (Wildman–Crippen LogP) is 2.14. The van der Waals surface area contributed by atoms with E-state index in [0.29, 0.717) is 6.42 Å². The third-order valence-electron chi connectivity index (χ3n) is 2.39. The molecule has 0 fully saturated rings. The zero-order chi connectivity index (χ0) is 12.1. The van der Waals surface area contributed by atoms with Crippen LogP contribution in [-0.4, -0.2) is 9.78 Å². The van der Waals surface area contributed by atoms with Crippen LogP contribution in [0.3, 0.4) is 0 Å². The van der Waals surface area contributed by atoms with E-state index >= 15 is 0 Å². The van der Waals surface area contributed by atoms with Crippen LogP contribution in [0.5, 0.6) is 0 Å². The molecule has 0 saturated heterocycles. The molecular weight excluding hydrogens is 212 g/mol. The Balaban J connectivity index is 2.46. The fourth-order valence-corrected chi connectivity index (χ4v) is 1.67. The van der Waals surface area contributed by atoms with Gasteiger partial charge in [0, 0.05) is 17.3 Å². The van der Waals surface area contributed by atoms with Gasteiger partial charge in [0.05, 0.1) is 24.3 Å². The smallest absolute Gasteiger partial charge is 0.128 e. The molecule has 0 amide bonds. The van der Waals surface area contributed by atoms with Crippen LogP contribution in [0.1, 0.15) is 5.56 Å². The van der Waals surface area contributed by atoms with E-state index in [1.54, 1.807) is 10.9 Å². The van der Waals surface area contributed by atoms with Gasteiger partial charge in [0.15, 0.2) is 0 Å². The van der Waals surface area contributed by atoms with Crippen molar-refractivity contribution >= 4 is 0 Å². The normalized spacial score (nSPS) is 9.53. The molecule has 4 heteroatoms. The van der Waals surface area contributed by atoms with Crippen LogP contribution in [0.4, 0.5) is 0 Å². The Bertz CT molecular complexity index is 584. The van der Waals surface area contributed by atoms with E-state index in [1.165, 1.54) is 0 Å². The quantitative estimate of drug-likeness (QED) is 0.799. The van der Waals surface area contributed by atoms with Crippen molar-refractivity contribution in [3.63, 3.8) is 0 Å². The first-order valence-corrected chi connectivity index (χ1v) is 5.21. The van der Waals surface area contributed by atoms with Gasteiger partial charge in [-0.05, 0) is 0 Å². The molecule has 4 nitrogen and oxygen atoms in total. The Kier molecular flexibility index (Phi) is 3.18. The lowest BCUT2D eigenvalue weighted by molar-refractivity contribution is 0.712. The molecule has 1 heterocycles. The van der Waals surface area contributed by atoms with E-state index in [1.807, 2.05) is 36.4 Å². The number of nitriles is 2. The number of aromatic nitrogens is 2. The van der Waals surface area contributed by atoms with Gasteiger partial charge in [-0.25, -0.2) is 0 Å². The zero-order valence-corrected chi connectivity index (χ0v) is 9.17. The van der Waals surface area contributed by atoms with Gasteiger partial charge in [-0.1, -0.05) is 30.3 Å². The Morgan fingerprint density at radius 1 is 1.12 bits per heavy atom. The van der Waals surface area contributed by atoms with Crippen LogP contribution >= 0.6 is 0 Å². The molecule has 1 aromatic heterocycles. The molecule has 0 saturated carbocycles. The van der Waals surface area contributed by atoms with Gasteiger partial charge >= 0.3 is 0 Å². The van der Waals surface area contributed by atoms with Gasteiger partial charge in [-0.3, -0.25) is 4.68 Å². The summed E-state index contributed by atoms with van der Waals surface area (Å²) in [7, 11) is 0. The Morgan fingerprint density at radius 3 is 2.53 bits per heavy atom. The lowest BCUT2D eigenvalue weighted by Gasteiger charge is -1.97. The summed E-state index contributed by atoms with van der Waals surface area (Å²) in [6, 6.07) is 13.8. The minimum absolute atomic E-state index is 0.200. The average molecular weight is 222 g/mol. The number of benzene rings is 1. The van der Waals surface area contributed by atoms with Crippen LogP contribution in [0.15, 0.2) is 36.5 Å². The van der Waals surface area contributed by atoms with Gasteiger partial charge in [-0.2, -0.15) is 15.6 Å². The van der Waals surface area contributed by atoms with Crippen molar-refractivity contribution in [3.8, 4) is 23.4 Å². The molecule has 0 bridgehead atoms. The number of hydrogen-bond acceptors (Lipinski definition) is 3. The Hall–Kier alpha value is -2.59. The molecule has 82 valence electrons. The molecule has 0 aliphatic rings. The van der Waals surface area contributed by atoms with Crippen LogP contribution in [0, 0.1) is 22.7 Å². The van der Waals surface area contributed by atoms with Crippen molar-refractivity contribution in [2.45, 2.75) is 13.0 Å². The molecule has 0 aliphatic heterocycles. The van der Waals surface area contributed by atoms with Gasteiger partial charge in [-0.15, -0.1) is 0 Å². The molecule has 1 aromatic carbocycles. The van der Waals surface area contributed by atoms with Gasteiger partial charge in [0.25, 0.3) is 0 Å². The number of rotatable bonds is 3. The average Bonchev–Trinajstić information content (AvgIpc) is 2.74.